The summed E-state index contributed by atoms with van der Waals surface area (Å²) in [6.07, 6.45) is 3.33. The third-order valence-corrected chi connectivity index (χ3v) is 3.62. The first-order valence-electron chi connectivity index (χ1n) is 6.98. The lowest BCUT2D eigenvalue weighted by Gasteiger charge is -2.16. The van der Waals surface area contributed by atoms with Crippen LogP contribution in [0.2, 0.25) is 0 Å². The normalized spacial score (nSPS) is 12.5. The van der Waals surface area contributed by atoms with Crippen LogP contribution in [0.1, 0.15) is 25.3 Å². The van der Waals surface area contributed by atoms with Gasteiger partial charge in [-0.2, -0.15) is 0 Å². The maximum atomic E-state index is 3.98. The van der Waals surface area contributed by atoms with Gasteiger partial charge in [-0.15, -0.1) is 6.58 Å². The van der Waals surface area contributed by atoms with Crippen molar-refractivity contribution in [2.45, 2.75) is 32.2 Å². The summed E-state index contributed by atoms with van der Waals surface area (Å²) in [6, 6.07) is 15.8. The number of nitrogens with one attached hydrogen (secondary N) is 1. The number of rotatable bonds is 6. The summed E-state index contributed by atoms with van der Waals surface area (Å²) >= 11 is 0. The van der Waals surface area contributed by atoms with Crippen LogP contribution in [0.4, 0.5) is 0 Å². The molecule has 0 aliphatic rings. The minimum atomic E-state index is 0.526. The van der Waals surface area contributed by atoms with E-state index in [2.05, 4.69) is 61.3 Å². The Labute approximate surface area is 116 Å². The SMILES string of the molecule is C=C(C)CCC(Cc1ccc2ccccc2c1)NC. The van der Waals surface area contributed by atoms with Gasteiger partial charge in [-0.1, -0.05) is 48.0 Å². The molecule has 1 unspecified atom stereocenters. The molecule has 0 saturated carbocycles. The summed E-state index contributed by atoms with van der Waals surface area (Å²) < 4.78 is 0. The van der Waals surface area contributed by atoms with Crippen molar-refractivity contribution in [3.63, 3.8) is 0 Å². The number of fused-ring (bicyclic) bond motifs is 1. The molecule has 0 radical (unpaired) electrons. The Morgan fingerprint density at radius 1 is 1.16 bits per heavy atom. The van der Waals surface area contributed by atoms with Crippen molar-refractivity contribution in [3.8, 4) is 0 Å². The van der Waals surface area contributed by atoms with Crippen molar-refractivity contribution in [2.75, 3.05) is 7.05 Å². The number of hydrogen-bond donors (Lipinski definition) is 1. The van der Waals surface area contributed by atoms with Crippen molar-refractivity contribution in [3.05, 3.63) is 60.2 Å². The molecule has 100 valence electrons. The molecule has 2 aromatic carbocycles. The molecule has 0 saturated heterocycles. The molecule has 0 aliphatic carbocycles. The van der Waals surface area contributed by atoms with E-state index in [-0.39, 0.29) is 0 Å². The van der Waals surface area contributed by atoms with Gasteiger partial charge < -0.3 is 5.32 Å². The molecular formula is C18H23N. The monoisotopic (exact) mass is 253 g/mol. The minimum Gasteiger partial charge on any atom is -0.317 e. The highest BCUT2D eigenvalue weighted by Crippen LogP contribution is 2.18. The molecule has 0 fully saturated rings. The molecule has 0 aliphatic heterocycles. The van der Waals surface area contributed by atoms with Crippen molar-refractivity contribution < 1.29 is 0 Å². The van der Waals surface area contributed by atoms with E-state index in [0.717, 1.165) is 19.3 Å². The Hall–Kier alpha value is -1.60. The maximum absolute atomic E-state index is 3.98. The van der Waals surface area contributed by atoms with Crippen LogP contribution in [0.15, 0.2) is 54.6 Å². The van der Waals surface area contributed by atoms with E-state index in [4.69, 9.17) is 0 Å². The zero-order valence-electron chi connectivity index (χ0n) is 11.9. The van der Waals surface area contributed by atoms with E-state index in [9.17, 15) is 0 Å². The van der Waals surface area contributed by atoms with E-state index in [1.54, 1.807) is 0 Å². The zero-order chi connectivity index (χ0) is 13.7. The quantitative estimate of drug-likeness (QED) is 0.756. The highest BCUT2D eigenvalue weighted by molar-refractivity contribution is 5.82. The first kappa shape index (κ1) is 13.8. The van der Waals surface area contributed by atoms with Gasteiger partial charge in [0.2, 0.25) is 0 Å². The van der Waals surface area contributed by atoms with Crippen LogP contribution in [-0.2, 0) is 6.42 Å². The van der Waals surface area contributed by atoms with Gasteiger partial charge in [0.15, 0.2) is 0 Å². The second-order valence-electron chi connectivity index (χ2n) is 5.37. The van der Waals surface area contributed by atoms with Crippen LogP contribution in [-0.4, -0.2) is 13.1 Å². The van der Waals surface area contributed by atoms with Crippen molar-refractivity contribution in [1.29, 1.82) is 0 Å². The summed E-state index contributed by atoms with van der Waals surface area (Å²) in [5, 5.41) is 6.06. The molecule has 1 heteroatoms. The standard InChI is InChI=1S/C18H23N/c1-14(2)8-11-18(19-3)13-15-9-10-16-6-4-5-7-17(16)12-15/h4-7,9-10,12,18-19H,1,8,11,13H2,2-3H3. The van der Waals surface area contributed by atoms with Crippen LogP contribution >= 0.6 is 0 Å². The van der Waals surface area contributed by atoms with Crippen LogP contribution in [0.5, 0.6) is 0 Å². The highest BCUT2D eigenvalue weighted by atomic mass is 14.9. The van der Waals surface area contributed by atoms with Gasteiger partial charge in [0.1, 0.15) is 0 Å². The zero-order valence-corrected chi connectivity index (χ0v) is 11.9. The second-order valence-corrected chi connectivity index (χ2v) is 5.37. The molecule has 1 N–H and O–H groups in total. The number of hydrogen-bond acceptors (Lipinski definition) is 1. The molecule has 0 aromatic heterocycles. The Kier molecular flexibility index (Phi) is 4.75. The van der Waals surface area contributed by atoms with Gasteiger partial charge in [0, 0.05) is 6.04 Å². The molecule has 0 bridgehead atoms. The maximum Gasteiger partial charge on any atom is 0.0107 e. The van der Waals surface area contributed by atoms with Crippen molar-refractivity contribution >= 4 is 10.8 Å². The molecule has 0 spiro atoms. The van der Waals surface area contributed by atoms with Crippen LogP contribution < -0.4 is 5.32 Å². The number of benzene rings is 2. The third-order valence-electron chi connectivity index (χ3n) is 3.62. The largest absolute Gasteiger partial charge is 0.317 e. The highest BCUT2D eigenvalue weighted by Gasteiger charge is 2.07. The predicted octanol–water partition coefficient (Wildman–Crippen LogP) is 4.33. The average molecular weight is 253 g/mol. The molecule has 0 amide bonds. The lowest BCUT2D eigenvalue weighted by atomic mass is 9.98. The fourth-order valence-electron chi connectivity index (χ4n) is 2.42. The molecule has 19 heavy (non-hydrogen) atoms. The molecule has 0 heterocycles. The summed E-state index contributed by atoms with van der Waals surface area (Å²) in [5.74, 6) is 0. The first-order valence-corrected chi connectivity index (χ1v) is 6.98. The van der Waals surface area contributed by atoms with Gasteiger partial charge >= 0.3 is 0 Å². The topological polar surface area (TPSA) is 12.0 Å². The molecule has 1 atom stereocenters. The van der Waals surface area contributed by atoms with Gasteiger partial charge in [0.05, 0.1) is 0 Å². The van der Waals surface area contributed by atoms with E-state index in [1.807, 2.05) is 7.05 Å². The van der Waals surface area contributed by atoms with Crippen LogP contribution in [0, 0.1) is 0 Å². The molecule has 2 aromatic rings. The van der Waals surface area contributed by atoms with Crippen molar-refractivity contribution in [1.82, 2.24) is 5.32 Å². The predicted molar refractivity (Wildman–Crippen MR) is 84.5 cm³/mol. The van der Waals surface area contributed by atoms with Crippen molar-refractivity contribution in [2.24, 2.45) is 0 Å². The fraction of sp³-hybridized carbons (Fsp3) is 0.333. The van der Waals surface area contributed by atoms with Gasteiger partial charge in [-0.3, -0.25) is 0 Å². The Bertz CT molecular complexity index is 556. The molecular weight excluding hydrogens is 230 g/mol. The third kappa shape index (κ3) is 3.93. The lowest BCUT2D eigenvalue weighted by molar-refractivity contribution is 0.519. The Morgan fingerprint density at radius 3 is 2.58 bits per heavy atom. The van der Waals surface area contributed by atoms with Crippen LogP contribution in [0.3, 0.4) is 0 Å². The van der Waals surface area contributed by atoms with Gasteiger partial charge in [0.25, 0.3) is 0 Å². The minimum absolute atomic E-state index is 0.526. The van der Waals surface area contributed by atoms with E-state index in [0.29, 0.717) is 6.04 Å². The van der Waals surface area contributed by atoms with E-state index < -0.39 is 0 Å². The fourth-order valence-corrected chi connectivity index (χ4v) is 2.42. The van der Waals surface area contributed by atoms with Gasteiger partial charge in [-0.25, -0.2) is 0 Å². The lowest BCUT2D eigenvalue weighted by Crippen LogP contribution is -2.27. The van der Waals surface area contributed by atoms with Crippen LogP contribution in [0.25, 0.3) is 10.8 Å². The molecule has 2 rings (SSSR count). The second kappa shape index (κ2) is 6.53. The summed E-state index contributed by atoms with van der Waals surface area (Å²) in [4.78, 5) is 0. The van der Waals surface area contributed by atoms with E-state index >= 15 is 0 Å². The van der Waals surface area contributed by atoms with Gasteiger partial charge in [-0.05, 0) is 49.6 Å². The average Bonchev–Trinajstić information content (AvgIpc) is 2.43. The summed E-state index contributed by atoms with van der Waals surface area (Å²) in [7, 11) is 2.05. The molecule has 1 nitrogen and oxygen atoms in total. The first-order chi connectivity index (χ1) is 9.19. The smallest absolute Gasteiger partial charge is 0.0107 e. The Morgan fingerprint density at radius 2 is 1.89 bits per heavy atom. The van der Waals surface area contributed by atoms with E-state index in [1.165, 1.54) is 21.9 Å². The Balaban J connectivity index is 2.08. The number of allylic oxidation sites excluding steroid dienone is 1. The number of likely N-dealkylation sites (N-methyl/N-ethyl adjacent to an activating group) is 1. The summed E-state index contributed by atoms with van der Waals surface area (Å²) in [5.41, 5.74) is 2.67. The summed E-state index contributed by atoms with van der Waals surface area (Å²) in [6.45, 7) is 6.08.